The molecule has 106 valence electrons. The van der Waals surface area contributed by atoms with Crippen molar-refractivity contribution in [1.29, 1.82) is 0 Å². The van der Waals surface area contributed by atoms with E-state index in [2.05, 4.69) is 0 Å². The Morgan fingerprint density at radius 1 is 1.00 bits per heavy atom. The molecule has 0 saturated carbocycles. The van der Waals surface area contributed by atoms with Crippen molar-refractivity contribution in [3.05, 3.63) is 65.9 Å². The highest BCUT2D eigenvalue weighted by Crippen LogP contribution is 2.35. The molecule has 0 fully saturated rings. The molecule has 0 saturated heterocycles. The molecule has 1 aromatic heterocycles. The summed E-state index contributed by atoms with van der Waals surface area (Å²) in [7, 11) is 0. The number of aldehydes is 1. The topological polar surface area (TPSA) is 22.0 Å². The molecule has 0 bridgehead atoms. The maximum Gasteiger partial charge on any atom is 0.418 e. The Balaban J connectivity index is 2.24. The highest BCUT2D eigenvalue weighted by atomic mass is 19.4. The maximum absolute atomic E-state index is 13.1. The van der Waals surface area contributed by atoms with Crippen LogP contribution in [0.15, 0.2) is 54.7 Å². The van der Waals surface area contributed by atoms with Crippen LogP contribution < -0.4 is 0 Å². The zero-order valence-corrected chi connectivity index (χ0v) is 10.8. The van der Waals surface area contributed by atoms with E-state index in [4.69, 9.17) is 0 Å². The van der Waals surface area contributed by atoms with E-state index < -0.39 is 11.7 Å². The van der Waals surface area contributed by atoms with Crippen LogP contribution >= 0.6 is 0 Å². The number of carbonyl (C=O) groups excluding carboxylic acids is 1. The first-order chi connectivity index (χ1) is 10.0. The molecule has 21 heavy (non-hydrogen) atoms. The molecule has 0 atom stereocenters. The Hall–Kier alpha value is -2.56. The van der Waals surface area contributed by atoms with Gasteiger partial charge in [-0.2, -0.15) is 13.2 Å². The molecule has 1 heterocycles. The van der Waals surface area contributed by atoms with Crippen molar-refractivity contribution in [3.63, 3.8) is 0 Å². The van der Waals surface area contributed by atoms with Crippen LogP contribution in [-0.4, -0.2) is 10.9 Å². The number of hydrogen-bond acceptors (Lipinski definition) is 1. The number of nitrogens with zero attached hydrogens (tertiary/aromatic N) is 1. The molecule has 0 amide bonds. The number of para-hydroxylation sites is 1. The molecule has 0 aliphatic rings. The second-order valence-corrected chi connectivity index (χ2v) is 4.64. The monoisotopic (exact) mass is 289 g/mol. The molecule has 2 aromatic carbocycles. The summed E-state index contributed by atoms with van der Waals surface area (Å²) in [5, 5.41) is 0.719. The van der Waals surface area contributed by atoms with Crippen LogP contribution in [0.3, 0.4) is 0 Å². The lowest BCUT2D eigenvalue weighted by Gasteiger charge is -2.14. The second kappa shape index (κ2) is 4.77. The summed E-state index contributed by atoms with van der Waals surface area (Å²) in [5.41, 5.74) is 0.488. The maximum atomic E-state index is 13.1. The summed E-state index contributed by atoms with van der Waals surface area (Å²) in [4.78, 5) is 10.8. The predicted molar refractivity (Wildman–Crippen MR) is 73.7 cm³/mol. The van der Waals surface area contributed by atoms with Gasteiger partial charge in [0.25, 0.3) is 0 Å². The van der Waals surface area contributed by atoms with E-state index in [1.807, 2.05) is 0 Å². The van der Waals surface area contributed by atoms with E-state index in [9.17, 15) is 18.0 Å². The summed E-state index contributed by atoms with van der Waals surface area (Å²) in [5.74, 6) is 0. The Bertz CT molecular complexity index is 818. The van der Waals surface area contributed by atoms with Gasteiger partial charge in [-0.25, -0.2) is 0 Å². The van der Waals surface area contributed by atoms with Crippen molar-refractivity contribution in [3.8, 4) is 5.69 Å². The number of fused-ring (bicyclic) bond motifs is 1. The van der Waals surface area contributed by atoms with E-state index >= 15 is 0 Å². The Morgan fingerprint density at radius 2 is 1.76 bits per heavy atom. The van der Waals surface area contributed by atoms with Crippen molar-refractivity contribution in [2.45, 2.75) is 6.18 Å². The van der Waals surface area contributed by atoms with Gasteiger partial charge in [0.15, 0.2) is 0 Å². The van der Waals surface area contributed by atoms with Gasteiger partial charge in [0.2, 0.25) is 0 Å². The second-order valence-electron chi connectivity index (χ2n) is 4.64. The molecule has 3 aromatic rings. The molecule has 0 spiro atoms. The van der Waals surface area contributed by atoms with Gasteiger partial charge in [-0.15, -0.1) is 0 Å². The molecule has 0 N–H and O–H groups in total. The Kier molecular flexibility index (Phi) is 3.05. The van der Waals surface area contributed by atoms with Crippen LogP contribution in [0, 0.1) is 0 Å². The number of alkyl halides is 3. The van der Waals surface area contributed by atoms with Crippen molar-refractivity contribution < 1.29 is 18.0 Å². The number of halogens is 3. The number of carbonyl (C=O) groups is 1. The van der Waals surface area contributed by atoms with Crippen molar-refractivity contribution >= 4 is 17.2 Å². The first-order valence-electron chi connectivity index (χ1n) is 6.23. The number of aromatic nitrogens is 1. The zero-order valence-electron chi connectivity index (χ0n) is 10.8. The average molecular weight is 289 g/mol. The first kappa shape index (κ1) is 13.4. The van der Waals surface area contributed by atoms with Gasteiger partial charge in [-0.05, 0) is 36.4 Å². The van der Waals surface area contributed by atoms with Gasteiger partial charge in [-0.1, -0.05) is 12.1 Å². The van der Waals surface area contributed by atoms with Gasteiger partial charge in [-0.3, -0.25) is 4.79 Å². The standard InChI is InChI=1S/C16H10F3NO/c17-16(18,19)13-3-1-2-4-15(13)20-8-7-12-9-11(10-21)5-6-14(12)20/h1-10H. The summed E-state index contributed by atoms with van der Waals surface area (Å²) >= 11 is 0. The van der Waals surface area contributed by atoms with E-state index in [0.717, 1.165) is 11.5 Å². The fourth-order valence-corrected chi connectivity index (χ4v) is 2.37. The summed E-state index contributed by atoms with van der Waals surface area (Å²) < 4.78 is 40.8. The largest absolute Gasteiger partial charge is 0.418 e. The minimum Gasteiger partial charge on any atom is -0.316 e. The highest BCUT2D eigenvalue weighted by molar-refractivity contribution is 5.88. The lowest BCUT2D eigenvalue weighted by atomic mass is 10.1. The van der Waals surface area contributed by atoms with Gasteiger partial charge in [0, 0.05) is 17.1 Å². The fourth-order valence-electron chi connectivity index (χ4n) is 2.37. The zero-order chi connectivity index (χ0) is 15.0. The normalized spacial score (nSPS) is 11.8. The Morgan fingerprint density at radius 3 is 2.48 bits per heavy atom. The summed E-state index contributed by atoms with van der Waals surface area (Å²) in [6, 6.07) is 12.0. The van der Waals surface area contributed by atoms with E-state index in [1.165, 1.54) is 16.7 Å². The van der Waals surface area contributed by atoms with E-state index in [-0.39, 0.29) is 5.69 Å². The first-order valence-corrected chi connectivity index (χ1v) is 6.23. The van der Waals surface area contributed by atoms with Gasteiger partial charge >= 0.3 is 6.18 Å². The SMILES string of the molecule is O=Cc1ccc2c(ccn2-c2ccccc2C(F)(F)F)c1. The summed E-state index contributed by atoms with van der Waals surface area (Å²) in [6.45, 7) is 0. The minimum absolute atomic E-state index is 0.0684. The van der Waals surface area contributed by atoms with Crippen LogP contribution in [0.5, 0.6) is 0 Å². The molecular weight excluding hydrogens is 279 g/mol. The molecule has 5 heteroatoms. The van der Waals surface area contributed by atoms with Crippen molar-refractivity contribution in [2.75, 3.05) is 0 Å². The molecule has 0 unspecified atom stereocenters. The van der Waals surface area contributed by atoms with Gasteiger partial charge in [0.1, 0.15) is 6.29 Å². The van der Waals surface area contributed by atoms with Crippen LogP contribution in [0.1, 0.15) is 15.9 Å². The Labute approximate surface area is 118 Å². The molecule has 0 aliphatic carbocycles. The van der Waals surface area contributed by atoms with Gasteiger partial charge in [0.05, 0.1) is 16.8 Å². The smallest absolute Gasteiger partial charge is 0.316 e. The molecular formula is C16H10F3NO. The summed E-state index contributed by atoms with van der Waals surface area (Å²) in [6.07, 6.45) is -2.14. The van der Waals surface area contributed by atoms with E-state index in [1.54, 1.807) is 36.5 Å². The quantitative estimate of drug-likeness (QED) is 0.638. The molecule has 3 rings (SSSR count). The average Bonchev–Trinajstić information content (AvgIpc) is 2.89. The van der Waals surface area contributed by atoms with Crippen molar-refractivity contribution in [1.82, 2.24) is 4.57 Å². The fraction of sp³-hybridized carbons (Fsp3) is 0.0625. The molecule has 0 radical (unpaired) electrons. The molecule has 0 aliphatic heterocycles. The minimum atomic E-state index is -4.42. The van der Waals surface area contributed by atoms with Gasteiger partial charge < -0.3 is 4.57 Å². The predicted octanol–water partition coefficient (Wildman–Crippen LogP) is 4.46. The number of rotatable bonds is 2. The van der Waals surface area contributed by atoms with Crippen LogP contribution in [0.25, 0.3) is 16.6 Å². The third-order valence-corrected chi connectivity index (χ3v) is 3.32. The van der Waals surface area contributed by atoms with Crippen molar-refractivity contribution in [2.24, 2.45) is 0 Å². The van der Waals surface area contributed by atoms with E-state index in [0.29, 0.717) is 17.4 Å². The lowest BCUT2D eigenvalue weighted by molar-refractivity contribution is -0.137. The lowest BCUT2D eigenvalue weighted by Crippen LogP contribution is -2.10. The molecule has 2 nitrogen and oxygen atoms in total. The van der Waals surface area contributed by atoms with Crippen LogP contribution in [0.2, 0.25) is 0 Å². The highest BCUT2D eigenvalue weighted by Gasteiger charge is 2.33. The van der Waals surface area contributed by atoms with Crippen LogP contribution in [0.4, 0.5) is 13.2 Å². The third kappa shape index (κ3) is 2.31. The third-order valence-electron chi connectivity index (χ3n) is 3.32. The number of benzene rings is 2. The number of hydrogen-bond donors (Lipinski definition) is 0. The van der Waals surface area contributed by atoms with Crippen LogP contribution in [-0.2, 0) is 6.18 Å².